The third-order valence-corrected chi connectivity index (χ3v) is 4.72. The topological polar surface area (TPSA) is 120 Å². The number of phenolic OH excluding ortho intramolecular Hbond substituents is 1. The van der Waals surface area contributed by atoms with Crippen molar-refractivity contribution in [2.45, 2.75) is 13.8 Å². The number of aromatic hydroxyl groups is 1. The van der Waals surface area contributed by atoms with Crippen LogP contribution in [0.25, 0.3) is 27.9 Å². The van der Waals surface area contributed by atoms with Gasteiger partial charge in [-0.2, -0.15) is 5.10 Å². The number of nitrogens with zero attached hydrogens (tertiary/aromatic N) is 2. The molecule has 2 aromatic heterocycles. The maximum absolute atomic E-state index is 12.2. The van der Waals surface area contributed by atoms with Crippen molar-refractivity contribution < 1.29 is 14.3 Å². The van der Waals surface area contributed by atoms with Crippen LogP contribution in [0.15, 0.2) is 47.1 Å². The van der Waals surface area contributed by atoms with Gasteiger partial charge in [-0.25, -0.2) is 4.68 Å². The van der Waals surface area contributed by atoms with Crippen LogP contribution < -0.4 is 11.5 Å². The molecule has 4 aromatic rings. The van der Waals surface area contributed by atoms with Crippen molar-refractivity contribution in [1.82, 2.24) is 9.78 Å². The van der Waals surface area contributed by atoms with Crippen LogP contribution in [0, 0.1) is 13.8 Å². The highest BCUT2D eigenvalue weighted by atomic mass is 16.3. The number of nitrogens with two attached hydrogens (primary N) is 2. The van der Waals surface area contributed by atoms with Crippen LogP contribution in [0.5, 0.6) is 5.75 Å². The fourth-order valence-corrected chi connectivity index (χ4v) is 3.35. The summed E-state index contributed by atoms with van der Waals surface area (Å²) in [5.74, 6) is -0.462. The molecule has 0 bridgehead atoms. The molecule has 0 spiro atoms. The minimum absolute atomic E-state index is 0.111. The fourth-order valence-electron chi connectivity index (χ4n) is 3.35. The number of amides is 1. The Labute approximate surface area is 154 Å². The first-order valence-electron chi connectivity index (χ1n) is 8.34. The molecule has 4 rings (SSSR count). The van der Waals surface area contributed by atoms with E-state index in [0.717, 1.165) is 10.9 Å². The number of rotatable bonds is 3. The normalized spacial score (nSPS) is 11.2. The summed E-state index contributed by atoms with van der Waals surface area (Å²) in [7, 11) is 0. The van der Waals surface area contributed by atoms with Gasteiger partial charge in [0.15, 0.2) is 0 Å². The minimum Gasteiger partial charge on any atom is -0.508 e. The number of fused-ring (bicyclic) bond motifs is 1. The first-order valence-corrected chi connectivity index (χ1v) is 8.34. The van der Waals surface area contributed by atoms with Gasteiger partial charge < -0.3 is 21.0 Å². The van der Waals surface area contributed by atoms with E-state index < -0.39 is 5.91 Å². The highest BCUT2D eigenvalue weighted by Crippen LogP contribution is 2.36. The van der Waals surface area contributed by atoms with Crippen LogP contribution in [-0.4, -0.2) is 20.8 Å². The van der Waals surface area contributed by atoms with Crippen molar-refractivity contribution in [2.24, 2.45) is 5.73 Å². The Morgan fingerprint density at radius 1 is 1.19 bits per heavy atom. The van der Waals surface area contributed by atoms with Crippen LogP contribution in [0.2, 0.25) is 0 Å². The van der Waals surface area contributed by atoms with E-state index in [1.807, 2.05) is 31.2 Å². The lowest BCUT2D eigenvalue weighted by Crippen LogP contribution is -2.14. The zero-order chi connectivity index (χ0) is 19.3. The van der Waals surface area contributed by atoms with Crippen molar-refractivity contribution in [2.75, 3.05) is 5.73 Å². The van der Waals surface area contributed by atoms with E-state index in [-0.39, 0.29) is 17.1 Å². The Kier molecular flexibility index (Phi) is 3.66. The predicted molar refractivity (Wildman–Crippen MR) is 103 cm³/mol. The molecular weight excluding hydrogens is 344 g/mol. The van der Waals surface area contributed by atoms with Crippen molar-refractivity contribution in [3.8, 4) is 22.7 Å². The number of benzene rings is 2. The maximum Gasteiger partial charge on any atom is 0.254 e. The third kappa shape index (κ3) is 2.43. The van der Waals surface area contributed by atoms with Gasteiger partial charge in [0.1, 0.15) is 34.7 Å². The second kappa shape index (κ2) is 5.91. The van der Waals surface area contributed by atoms with Crippen LogP contribution in [0.4, 0.5) is 5.82 Å². The molecule has 27 heavy (non-hydrogen) atoms. The molecule has 1 amide bonds. The number of aromatic nitrogens is 2. The van der Waals surface area contributed by atoms with Crippen molar-refractivity contribution >= 4 is 22.7 Å². The molecular formula is C20H18N4O3. The second-order valence-electron chi connectivity index (χ2n) is 6.41. The summed E-state index contributed by atoms with van der Waals surface area (Å²) >= 11 is 0. The van der Waals surface area contributed by atoms with Gasteiger partial charge in [-0.3, -0.25) is 4.79 Å². The molecule has 0 aliphatic rings. The number of furan rings is 1. The standard InChI is InChI=1S/C20H18N4O3/c1-10-7-8-14(25)11(2)18(10)24-19(21)16(20(22)26)17(23-24)13-9-27-15-6-4-3-5-12(13)15/h3-9,25H,21H2,1-2H3,(H2,22,26). The van der Waals surface area contributed by atoms with Gasteiger partial charge in [-0.05, 0) is 31.5 Å². The van der Waals surface area contributed by atoms with E-state index in [9.17, 15) is 9.90 Å². The smallest absolute Gasteiger partial charge is 0.254 e. The molecule has 0 atom stereocenters. The summed E-state index contributed by atoms with van der Waals surface area (Å²) in [4.78, 5) is 12.2. The number of carbonyl (C=O) groups is 1. The molecule has 7 nitrogen and oxygen atoms in total. The highest BCUT2D eigenvalue weighted by Gasteiger charge is 2.26. The van der Waals surface area contributed by atoms with Gasteiger partial charge in [0.2, 0.25) is 0 Å². The Morgan fingerprint density at radius 2 is 1.93 bits per heavy atom. The van der Waals surface area contributed by atoms with Crippen LogP contribution >= 0.6 is 0 Å². The lowest BCUT2D eigenvalue weighted by atomic mass is 10.1. The summed E-state index contributed by atoms with van der Waals surface area (Å²) in [5, 5.41) is 15.5. The van der Waals surface area contributed by atoms with E-state index in [1.54, 1.807) is 19.1 Å². The van der Waals surface area contributed by atoms with Crippen molar-refractivity contribution in [3.05, 3.63) is 59.4 Å². The monoisotopic (exact) mass is 362 g/mol. The van der Waals surface area contributed by atoms with E-state index in [1.165, 1.54) is 10.9 Å². The zero-order valence-electron chi connectivity index (χ0n) is 14.9. The largest absolute Gasteiger partial charge is 0.508 e. The number of hydrogen-bond acceptors (Lipinski definition) is 5. The average Bonchev–Trinajstić information content (AvgIpc) is 3.20. The number of para-hydroxylation sites is 1. The molecule has 0 fully saturated rings. The molecule has 0 aliphatic heterocycles. The Bertz CT molecular complexity index is 1200. The summed E-state index contributed by atoms with van der Waals surface area (Å²) in [6.07, 6.45) is 1.53. The lowest BCUT2D eigenvalue weighted by Gasteiger charge is -2.12. The summed E-state index contributed by atoms with van der Waals surface area (Å²) in [5.41, 5.74) is 15.7. The van der Waals surface area contributed by atoms with Gasteiger partial charge in [0.25, 0.3) is 5.91 Å². The van der Waals surface area contributed by atoms with Crippen molar-refractivity contribution in [3.63, 3.8) is 0 Å². The zero-order valence-corrected chi connectivity index (χ0v) is 14.9. The highest BCUT2D eigenvalue weighted by molar-refractivity contribution is 6.07. The number of primary amides is 1. The number of aryl methyl sites for hydroxylation is 1. The number of carbonyl (C=O) groups excluding carboxylic acids is 1. The summed E-state index contributed by atoms with van der Waals surface area (Å²) < 4.78 is 7.02. The average molecular weight is 362 g/mol. The summed E-state index contributed by atoms with van der Waals surface area (Å²) in [6, 6.07) is 10.8. The van der Waals surface area contributed by atoms with E-state index >= 15 is 0 Å². The Balaban J connectivity index is 2.05. The first kappa shape index (κ1) is 16.7. The number of phenols is 1. The maximum atomic E-state index is 12.2. The van der Waals surface area contributed by atoms with Crippen molar-refractivity contribution in [1.29, 1.82) is 0 Å². The first-order chi connectivity index (χ1) is 12.9. The second-order valence-corrected chi connectivity index (χ2v) is 6.41. The number of anilines is 1. The molecule has 2 heterocycles. The van der Waals surface area contributed by atoms with Gasteiger partial charge in [0.05, 0.1) is 5.69 Å². The molecule has 0 radical (unpaired) electrons. The van der Waals surface area contributed by atoms with Crippen LogP contribution in [0.3, 0.4) is 0 Å². The van der Waals surface area contributed by atoms with E-state index in [0.29, 0.717) is 28.1 Å². The Hall–Kier alpha value is -3.74. The molecule has 0 saturated heterocycles. The molecule has 2 aromatic carbocycles. The van der Waals surface area contributed by atoms with Gasteiger partial charge in [0, 0.05) is 16.5 Å². The summed E-state index contributed by atoms with van der Waals surface area (Å²) in [6.45, 7) is 3.63. The molecule has 0 saturated carbocycles. The molecule has 7 heteroatoms. The Morgan fingerprint density at radius 3 is 2.67 bits per heavy atom. The molecule has 0 aliphatic carbocycles. The number of hydrogen-bond donors (Lipinski definition) is 3. The minimum atomic E-state index is -0.686. The predicted octanol–water partition coefficient (Wildman–Crippen LogP) is 3.29. The number of nitrogen functional groups attached to an aromatic ring is 1. The quantitative estimate of drug-likeness (QED) is 0.516. The van der Waals surface area contributed by atoms with Gasteiger partial charge >= 0.3 is 0 Å². The van der Waals surface area contributed by atoms with E-state index in [2.05, 4.69) is 5.10 Å². The molecule has 136 valence electrons. The molecule has 5 N–H and O–H groups in total. The lowest BCUT2D eigenvalue weighted by molar-refractivity contribution is 0.100. The van der Waals surface area contributed by atoms with Gasteiger partial charge in [-0.15, -0.1) is 0 Å². The van der Waals surface area contributed by atoms with E-state index in [4.69, 9.17) is 15.9 Å². The van der Waals surface area contributed by atoms with Gasteiger partial charge in [-0.1, -0.05) is 24.3 Å². The van der Waals surface area contributed by atoms with Crippen LogP contribution in [0.1, 0.15) is 21.5 Å². The fraction of sp³-hybridized carbons (Fsp3) is 0.100. The SMILES string of the molecule is Cc1ccc(O)c(C)c1-n1nc(-c2coc3ccccc23)c(C(N)=O)c1N. The third-order valence-electron chi connectivity index (χ3n) is 4.72. The van der Waals surface area contributed by atoms with Crippen LogP contribution in [-0.2, 0) is 0 Å². The molecule has 0 unspecified atom stereocenters.